The van der Waals surface area contributed by atoms with Gasteiger partial charge in [-0.05, 0) is 40.0 Å². The number of hydrogen-bond donors (Lipinski definition) is 3. The van der Waals surface area contributed by atoms with Crippen molar-refractivity contribution in [1.29, 1.82) is 0 Å². The van der Waals surface area contributed by atoms with Crippen molar-refractivity contribution in [2.45, 2.75) is 26.2 Å². The number of phenolic OH excluding ortho intramolecular Hbond substituents is 2. The number of benzene rings is 1. The lowest BCUT2D eigenvalue weighted by Gasteiger charge is -2.26. The predicted octanol–water partition coefficient (Wildman–Crippen LogP) is 2.44. The first kappa shape index (κ1) is 12.3. The summed E-state index contributed by atoms with van der Waals surface area (Å²) in [5.41, 5.74) is 1.17. The van der Waals surface area contributed by atoms with E-state index in [1.54, 1.807) is 0 Å². The quantitative estimate of drug-likeness (QED) is 0.726. The molecule has 0 bridgehead atoms. The van der Waals surface area contributed by atoms with Crippen LogP contribution in [0.1, 0.15) is 25.0 Å². The van der Waals surface area contributed by atoms with Gasteiger partial charge in [-0.2, -0.15) is 0 Å². The third-order valence-electron chi connectivity index (χ3n) is 2.49. The minimum absolute atomic E-state index is 0.0311. The molecular formula is C11H15BrO3. The van der Waals surface area contributed by atoms with Crippen molar-refractivity contribution in [2.75, 3.05) is 6.61 Å². The standard InChI is InChI=1S/C11H15BrO3/c1-6-4-7(14)10(15)9(12)8(6)11(2,3)5-13/h4,13-15H,5H2,1-3H3. The number of halogens is 1. The average Bonchev–Trinajstić information content (AvgIpc) is 2.14. The van der Waals surface area contributed by atoms with Gasteiger partial charge in [0.25, 0.3) is 0 Å². The summed E-state index contributed by atoms with van der Waals surface area (Å²) in [6.45, 7) is 5.54. The monoisotopic (exact) mass is 274 g/mol. The topological polar surface area (TPSA) is 60.7 Å². The lowest BCUT2D eigenvalue weighted by molar-refractivity contribution is 0.217. The molecule has 1 rings (SSSR count). The Bertz CT molecular complexity index is 386. The molecule has 0 heterocycles. The molecule has 0 amide bonds. The van der Waals surface area contributed by atoms with Crippen LogP contribution in [0.2, 0.25) is 0 Å². The highest BCUT2D eigenvalue weighted by Gasteiger charge is 2.27. The number of aryl methyl sites for hydroxylation is 1. The minimum Gasteiger partial charge on any atom is -0.504 e. The number of aliphatic hydroxyl groups excluding tert-OH is 1. The van der Waals surface area contributed by atoms with Crippen LogP contribution in [0.15, 0.2) is 10.5 Å². The summed E-state index contributed by atoms with van der Waals surface area (Å²) in [7, 11) is 0. The second-order valence-electron chi connectivity index (χ2n) is 4.29. The van der Waals surface area contributed by atoms with Gasteiger partial charge in [-0.3, -0.25) is 0 Å². The molecule has 1 aromatic rings. The molecule has 0 aromatic heterocycles. The molecule has 1 aromatic carbocycles. The molecule has 0 radical (unpaired) electrons. The Balaban J connectivity index is 3.49. The fourth-order valence-corrected chi connectivity index (χ4v) is 2.71. The van der Waals surface area contributed by atoms with Gasteiger partial charge in [-0.15, -0.1) is 0 Å². The maximum absolute atomic E-state index is 9.59. The van der Waals surface area contributed by atoms with Crippen LogP contribution in [0, 0.1) is 6.92 Å². The molecule has 0 aliphatic carbocycles. The summed E-state index contributed by atoms with van der Waals surface area (Å²) < 4.78 is 0.444. The van der Waals surface area contributed by atoms with E-state index in [2.05, 4.69) is 15.9 Å². The molecule has 0 saturated heterocycles. The van der Waals surface area contributed by atoms with Crippen molar-refractivity contribution in [2.24, 2.45) is 0 Å². The molecule has 4 heteroatoms. The number of rotatable bonds is 2. The Morgan fingerprint density at radius 1 is 1.33 bits per heavy atom. The van der Waals surface area contributed by atoms with E-state index in [9.17, 15) is 15.3 Å². The summed E-state index contributed by atoms with van der Waals surface area (Å²) >= 11 is 3.24. The summed E-state index contributed by atoms with van der Waals surface area (Å²) in [6.07, 6.45) is 0. The van der Waals surface area contributed by atoms with Gasteiger partial charge in [0.05, 0.1) is 11.1 Å². The smallest absolute Gasteiger partial charge is 0.172 e. The lowest BCUT2D eigenvalue weighted by Crippen LogP contribution is -2.23. The van der Waals surface area contributed by atoms with Gasteiger partial charge in [-0.1, -0.05) is 13.8 Å². The van der Waals surface area contributed by atoms with Crippen molar-refractivity contribution >= 4 is 15.9 Å². The highest BCUT2D eigenvalue weighted by Crippen LogP contribution is 2.42. The van der Waals surface area contributed by atoms with E-state index < -0.39 is 5.41 Å². The Kier molecular flexibility index (Phi) is 3.31. The van der Waals surface area contributed by atoms with Gasteiger partial charge in [0.15, 0.2) is 11.5 Å². The normalized spacial score (nSPS) is 11.8. The Morgan fingerprint density at radius 2 is 1.87 bits per heavy atom. The molecule has 3 nitrogen and oxygen atoms in total. The second kappa shape index (κ2) is 4.02. The first-order valence-corrected chi connectivity index (χ1v) is 5.43. The molecule has 0 fully saturated rings. The number of aromatic hydroxyl groups is 2. The van der Waals surface area contributed by atoms with E-state index in [1.165, 1.54) is 6.07 Å². The molecule has 15 heavy (non-hydrogen) atoms. The van der Waals surface area contributed by atoms with Crippen LogP contribution in [0.25, 0.3) is 0 Å². The van der Waals surface area contributed by atoms with Crippen LogP contribution >= 0.6 is 15.9 Å². The molecule has 0 aliphatic rings. The lowest BCUT2D eigenvalue weighted by atomic mass is 9.82. The van der Waals surface area contributed by atoms with Crippen molar-refractivity contribution < 1.29 is 15.3 Å². The van der Waals surface area contributed by atoms with Crippen molar-refractivity contribution in [3.8, 4) is 11.5 Å². The zero-order valence-corrected chi connectivity index (χ0v) is 10.6. The molecule has 0 atom stereocenters. The second-order valence-corrected chi connectivity index (χ2v) is 5.09. The van der Waals surface area contributed by atoms with Gasteiger partial charge in [0, 0.05) is 5.41 Å². The van der Waals surface area contributed by atoms with Crippen molar-refractivity contribution in [3.63, 3.8) is 0 Å². The van der Waals surface area contributed by atoms with E-state index in [0.29, 0.717) is 4.47 Å². The van der Waals surface area contributed by atoms with E-state index in [4.69, 9.17) is 0 Å². The van der Waals surface area contributed by atoms with Gasteiger partial charge < -0.3 is 15.3 Å². The predicted molar refractivity (Wildman–Crippen MR) is 62.3 cm³/mol. The molecule has 0 aliphatic heterocycles. The third-order valence-corrected chi connectivity index (χ3v) is 3.26. The van der Waals surface area contributed by atoms with E-state index in [-0.39, 0.29) is 18.1 Å². The summed E-state index contributed by atoms with van der Waals surface area (Å²) in [6, 6.07) is 1.49. The Labute approximate surface area is 97.5 Å². The number of aliphatic hydroxyl groups is 1. The fraction of sp³-hybridized carbons (Fsp3) is 0.455. The highest BCUT2D eigenvalue weighted by molar-refractivity contribution is 9.10. The maximum atomic E-state index is 9.59. The third kappa shape index (κ3) is 2.11. The van der Waals surface area contributed by atoms with Gasteiger partial charge in [-0.25, -0.2) is 0 Å². The van der Waals surface area contributed by atoms with Crippen LogP contribution in [-0.4, -0.2) is 21.9 Å². The van der Waals surface area contributed by atoms with Crippen LogP contribution in [0.3, 0.4) is 0 Å². The zero-order chi connectivity index (χ0) is 11.8. The Hall–Kier alpha value is -0.740. The van der Waals surface area contributed by atoms with Crippen molar-refractivity contribution in [3.05, 3.63) is 21.7 Å². The number of phenols is 2. The van der Waals surface area contributed by atoms with Gasteiger partial charge in [0.2, 0.25) is 0 Å². The number of hydrogen-bond acceptors (Lipinski definition) is 3. The molecule has 84 valence electrons. The Morgan fingerprint density at radius 3 is 2.33 bits per heavy atom. The highest BCUT2D eigenvalue weighted by atomic mass is 79.9. The van der Waals surface area contributed by atoms with Gasteiger partial charge >= 0.3 is 0 Å². The molecule has 3 N–H and O–H groups in total. The summed E-state index contributed by atoms with van der Waals surface area (Å²) in [5.74, 6) is -0.339. The largest absolute Gasteiger partial charge is 0.504 e. The van der Waals surface area contributed by atoms with E-state index in [1.807, 2.05) is 20.8 Å². The molecular weight excluding hydrogens is 260 g/mol. The van der Waals surface area contributed by atoms with Crippen molar-refractivity contribution in [1.82, 2.24) is 0 Å². The summed E-state index contributed by atoms with van der Waals surface area (Å²) in [5, 5.41) is 28.3. The van der Waals surface area contributed by atoms with Gasteiger partial charge in [0.1, 0.15) is 0 Å². The van der Waals surface area contributed by atoms with Crippen LogP contribution in [-0.2, 0) is 5.41 Å². The fourth-order valence-electron chi connectivity index (χ4n) is 1.66. The SMILES string of the molecule is Cc1cc(O)c(O)c(Br)c1C(C)(C)CO. The average molecular weight is 275 g/mol. The maximum Gasteiger partial charge on any atom is 0.172 e. The van der Waals surface area contributed by atoms with Crippen LogP contribution in [0.5, 0.6) is 11.5 Å². The van der Waals surface area contributed by atoms with Crippen LogP contribution < -0.4 is 0 Å². The summed E-state index contributed by atoms with van der Waals surface area (Å²) in [4.78, 5) is 0. The molecule has 0 saturated carbocycles. The first-order valence-electron chi connectivity index (χ1n) is 4.63. The van der Waals surface area contributed by atoms with E-state index >= 15 is 0 Å². The van der Waals surface area contributed by atoms with Crippen LogP contribution in [0.4, 0.5) is 0 Å². The minimum atomic E-state index is -0.464. The molecule has 0 spiro atoms. The molecule has 0 unspecified atom stereocenters. The first-order chi connectivity index (χ1) is 6.81. The van der Waals surface area contributed by atoms with E-state index in [0.717, 1.165) is 11.1 Å². The zero-order valence-electron chi connectivity index (χ0n) is 9.00.